The van der Waals surface area contributed by atoms with Gasteiger partial charge in [0.2, 0.25) is 0 Å². The van der Waals surface area contributed by atoms with Crippen molar-refractivity contribution >= 4 is 0 Å². The van der Waals surface area contributed by atoms with Crippen LogP contribution in [0.2, 0.25) is 0 Å². The van der Waals surface area contributed by atoms with Gasteiger partial charge in [-0.15, -0.1) is 0 Å². The molecular formula is C20H27NO2. The summed E-state index contributed by atoms with van der Waals surface area (Å²) in [5, 5.41) is 11.7. The molecular weight excluding hydrogens is 286 g/mol. The summed E-state index contributed by atoms with van der Waals surface area (Å²) in [7, 11) is 5.70. The molecule has 0 unspecified atom stereocenters. The van der Waals surface area contributed by atoms with Crippen LogP contribution in [0.3, 0.4) is 0 Å². The van der Waals surface area contributed by atoms with Gasteiger partial charge in [-0.3, -0.25) is 0 Å². The molecule has 3 heteroatoms. The van der Waals surface area contributed by atoms with Gasteiger partial charge in [-0.1, -0.05) is 48.9 Å². The van der Waals surface area contributed by atoms with Crippen molar-refractivity contribution in [3.63, 3.8) is 0 Å². The van der Waals surface area contributed by atoms with Crippen LogP contribution < -0.4 is 4.74 Å². The molecule has 0 aromatic heterocycles. The van der Waals surface area contributed by atoms with Crippen LogP contribution in [0.15, 0.2) is 48.5 Å². The van der Waals surface area contributed by atoms with E-state index in [0.29, 0.717) is 0 Å². The summed E-state index contributed by atoms with van der Waals surface area (Å²) in [5.74, 6) is 0.828. The van der Waals surface area contributed by atoms with Crippen molar-refractivity contribution in [2.45, 2.75) is 19.4 Å². The van der Waals surface area contributed by atoms with E-state index in [1.54, 1.807) is 7.11 Å². The van der Waals surface area contributed by atoms with Gasteiger partial charge in [0.1, 0.15) is 11.4 Å². The van der Waals surface area contributed by atoms with E-state index in [1.807, 2.05) is 62.6 Å². The van der Waals surface area contributed by atoms with E-state index in [2.05, 4.69) is 18.7 Å². The summed E-state index contributed by atoms with van der Waals surface area (Å²) in [5.41, 5.74) is 1.95. The Bertz CT molecular complexity index is 619. The summed E-state index contributed by atoms with van der Waals surface area (Å²) < 4.78 is 5.24. The molecule has 2 aromatic rings. The molecule has 2 rings (SSSR count). The van der Waals surface area contributed by atoms with Crippen molar-refractivity contribution in [2.24, 2.45) is 5.92 Å². The van der Waals surface area contributed by atoms with E-state index in [4.69, 9.17) is 4.74 Å². The number of methoxy groups -OCH3 is 1. The largest absolute Gasteiger partial charge is 0.497 e. The molecule has 0 bridgehead atoms. The molecule has 0 saturated heterocycles. The lowest BCUT2D eigenvalue weighted by atomic mass is 9.76. The van der Waals surface area contributed by atoms with Gasteiger partial charge in [-0.05, 0) is 44.3 Å². The number of nitrogens with zero attached hydrogens (tertiary/aromatic N) is 1. The molecule has 0 fully saturated rings. The highest BCUT2D eigenvalue weighted by Crippen LogP contribution is 2.37. The lowest BCUT2D eigenvalue weighted by molar-refractivity contribution is 0.0134. The second-order valence-electron chi connectivity index (χ2n) is 6.52. The van der Waals surface area contributed by atoms with Crippen LogP contribution in [0.5, 0.6) is 5.75 Å². The molecule has 0 spiro atoms. The van der Waals surface area contributed by atoms with Crippen molar-refractivity contribution in [2.75, 3.05) is 27.7 Å². The minimum Gasteiger partial charge on any atom is -0.497 e. The van der Waals surface area contributed by atoms with Crippen molar-refractivity contribution in [3.8, 4) is 5.75 Å². The Morgan fingerprint density at radius 2 is 1.48 bits per heavy atom. The fraction of sp³-hybridized carbons (Fsp3) is 0.400. The van der Waals surface area contributed by atoms with E-state index in [0.717, 1.165) is 23.4 Å². The van der Waals surface area contributed by atoms with Gasteiger partial charge in [-0.2, -0.15) is 0 Å². The number of hydrogen-bond donors (Lipinski definition) is 1. The average molecular weight is 313 g/mol. The molecule has 0 aliphatic heterocycles. The molecule has 0 heterocycles. The molecule has 0 aliphatic carbocycles. The number of aryl methyl sites for hydroxylation is 1. The fourth-order valence-corrected chi connectivity index (χ4v) is 3.07. The summed E-state index contributed by atoms with van der Waals surface area (Å²) in [6, 6.07) is 15.8. The van der Waals surface area contributed by atoms with E-state index >= 15 is 0 Å². The van der Waals surface area contributed by atoms with Crippen LogP contribution in [0, 0.1) is 12.8 Å². The molecule has 23 heavy (non-hydrogen) atoms. The zero-order chi connectivity index (χ0) is 17.0. The van der Waals surface area contributed by atoms with Crippen LogP contribution in [-0.2, 0) is 5.60 Å². The Morgan fingerprint density at radius 1 is 1.00 bits per heavy atom. The highest BCUT2D eigenvalue weighted by Gasteiger charge is 2.37. The second kappa shape index (κ2) is 7.16. The van der Waals surface area contributed by atoms with Crippen LogP contribution in [0.1, 0.15) is 23.6 Å². The number of ether oxygens (including phenoxy) is 1. The summed E-state index contributed by atoms with van der Waals surface area (Å²) in [6.45, 7) is 4.93. The van der Waals surface area contributed by atoms with E-state index < -0.39 is 5.60 Å². The molecule has 0 radical (unpaired) electrons. The predicted octanol–water partition coefficient (Wildman–Crippen LogP) is 3.44. The van der Waals surface area contributed by atoms with Crippen molar-refractivity contribution in [3.05, 3.63) is 65.2 Å². The predicted molar refractivity (Wildman–Crippen MR) is 94.9 cm³/mol. The zero-order valence-corrected chi connectivity index (χ0v) is 14.7. The normalized spacial score (nSPS) is 15.3. The second-order valence-corrected chi connectivity index (χ2v) is 6.52. The third kappa shape index (κ3) is 3.74. The quantitative estimate of drug-likeness (QED) is 0.887. The number of aliphatic hydroxyl groups is 1. The lowest BCUT2D eigenvalue weighted by Crippen LogP contribution is -2.40. The first-order valence-electron chi connectivity index (χ1n) is 7.96. The van der Waals surface area contributed by atoms with Gasteiger partial charge >= 0.3 is 0 Å². The van der Waals surface area contributed by atoms with Gasteiger partial charge in [0.05, 0.1) is 7.11 Å². The van der Waals surface area contributed by atoms with Crippen molar-refractivity contribution in [1.82, 2.24) is 4.90 Å². The third-order valence-corrected chi connectivity index (χ3v) is 4.37. The Morgan fingerprint density at radius 3 is 1.91 bits per heavy atom. The summed E-state index contributed by atoms with van der Waals surface area (Å²) in [4.78, 5) is 2.10. The lowest BCUT2D eigenvalue weighted by Gasteiger charge is -2.37. The van der Waals surface area contributed by atoms with Crippen molar-refractivity contribution < 1.29 is 9.84 Å². The molecule has 124 valence electrons. The Hall–Kier alpha value is -1.84. The van der Waals surface area contributed by atoms with E-state index in [9.17, 15) is 5.11 Å². The van der Waals surface area contributed by atoms with Gasteiger partial charge in [0, 0.05) is 12.5 Å². The maximum atomic E-state index is 11.7. The SMILES string of the molecule is COc1ccc([C@](O)(c2ccc(C)cc2)[C@H](C)CN(C)C)cc1. The Balaban J connectivity index is 2.50. The van der Waals surface area contributed by atoms with E-state index in [1.165, 1.54) is 5.56 Å². The molecule has 1 N–H and O–H groups in total. The highest BCUT2D eigenvalue weighted by molar-refractivity contribution is 5.40. The minimum atomic E-state index is -1.04. The van der Waals surface area contributed by atoms with Crippen LogP contribution in [-0.4, -0.2) is 37.8 Å². The van der Waals surface area contributed by atoms with Crippen LogP contribution in [0.25, 0.3) is 0 Å². The first-order valence-corrected chi connectivity index (χ1v) is 7.96. The molecule has 3 nitrogen and oxygen atoms in total. The molecule has 0 aliphatic rings. The molecule has 0 saturated carbocycles. The number of rotatable bonds is 6. The number of benzene rings is 2. The highest BCUT2D eigenvalue weighted by atomic mass is 16.5. The maximum Gasteiger partial charge on any atom is 0.118 e. The molecule has 0 amide bonds. The van der Waals surface area contributed by atoms with Gasteiger partial charge < -0.3 is 14.7 Å². The molecule has 2 aromatic carbocycles. The van der Waals surface area contributed by atoms with E-state index in [-0.39, 0.29) is 5.92 Å². The van der Waals surface area contributed by atoms with Gasteiger partial charge in [0.15, 0.2) is 0 Å². The zero-order valence-electron chi connectivity index (χ0n) is 14.7. The molecule has 2 atom stereocenters. The third-order valence-electron chi connectivity index (χ3n) is 4.37. The van der Waals surface area contributed by atoms with Crippen molar-refractivity contribution in [1.29, 1.82) is 0 Å². The van der Waals surface area contributed by atoms with Gasteiger partial charge in [0.25, 0.3) is 0 Å². The van der Waals surface area contributed by atoms with Crippen LogP contribution in [0.4, 0.5) is 0 Å². The monoisotopic (exact) mass is 313 g/mol. The summed E-state index contributed by atoms with van der Waals surface area (Å²) in [6.07, 6.45) is 0. The smallest absolute Gasteiger partial charge is 0.118 e. The standard InChI is InChI=1S/C20H27NO2/c1-15-6-8-17(9-7-15)20(22,16(2)14-21(3)4)18-10-12-19(23-5)13-11-18/h6-13,16,22H,14H2,1-5H3/t16-,20-/m1/s1. The maximum absolute atomic E-state index is 11.7. The topological polar surface area (TPSA) is 32.7 Å². The number of hydrogen-bond acceptors (Lipinski definition) is 3. The summed E-state index contributed by atoms with van der Waals surface area (Å²) >= 11 is 0. The van der Waals surface area contributed by atoms with Gasteiger partial charge in [-0.25, -0.2) is 0 Å². The minimum absolute atomic E-state index is 0.0357. The van der Waals surface area contributed by atoms with Crippen LogP contribution >= 0.6 is 0 Å². The Kier molecular flexibility index (Phi) is 5.45. The average Bonchev–Trinajstić information content (AvgIpc) is 2.54. The fourth-order valence-electron chi connectivity index (χ4n) is 3.07. The first kappa shape index (κ1) is 17.5. The first-order chi connectivity index (χ1) is 10.9. The Labute approximate surface area is 139 Å².